The number of rotatable bonds is 7. The van der Waals surface area contributed by atoms with E-state index in [1.54, 1.807) is 11.9 Å². The Kier molecular flexibility index (Phi) is 6.62. The second-order valence-corrected chi connectivity index (χ2v) is 6.02. The molecule has 0 aliphatic rings. The van der Waals surface area contributed by atoms with Crippen LogP contribution in [0, 0.1) is 6.92 Å². The summed E-state index contributed by atoms with van der Waals surface area (Å²) in [5, 5.41) is 0. The standard InChI is InChI=1S/C16H24N2O2S/c1-11(2)14-6-5-13(9-12(14)3)20-10-16(19)18(4)8-7-15(17)21/h5-6,9,11H,7-8,10H2,1-4H3,(H2,17,21). The predicted molar refractivity (Wildman–Crippen MR) is 89.8 cm³/mol. The van der Waals surface area contributed by atoms with Gasteiger partial charge < -0.3 is 15.4 Å². The number of carbonyl (C=O) groups is 1. The molecule has 0 radical (unpaired) electrons. The maximum absolute atomic E-state index is 11.9. The SMILES string of the molecule is Cc1cc(OCC(=O)N(C)CCC(N)=S)ccc1C(C)C. The van der Waals surface area contributed by atoms with Gasteiger partial charge in [-0.15, -0.1) is 0 Å². The lowest BCUT2D eigenvalue weighted by Crippen LogP contribution is -2.33. The molecular formula is C16H24N2O2S. The maximum Gasteiger partial charge on any atom is 0.260 e. The fourth-order valence-corrected chi connectivity index (χ4v) is 2.13. The highest BCUT2D eigenvalue weighted by Crippen LogP contribution is 2.23. The average Bonchev–Trinajstić information content (AvgIpc) is 2.41. The molecule has 21 heavy (non-hydrogen) atoms. The van der Waals surface area contributed by atoms with Crippen LogP contribution in [-0.4, -0.2) is 36.0 Å². The Morgan fingerprint density at radius 2 is 2.10 bits per heavy atom. The van der Waals surface area contributed by atoms with E-state index in [0.29, 0.717) is 29.6 Å². The minimum absolute atomic E-state index is 0.0221. The summed E-state index contributed by atoms with van der Waals surface area (Å²) in [5.41, 5.74) is 7.89. The third-order valence-electron chi connectivity index (χ3n) is 3.34. The number of hydrogen-bond donors (Lipinski definition) is 1. The van der Waals surface area contributed by atoms with E-state index < -0.39 is 0 Å². The lowest BCUT2D eigenvalue weighted by atomic mass is 9.98. The van der Waals surface area contributed by atoms with Crippen LogP contribution in [0.25, 0.3) is 0 Å². The molecule has 0 bridgehead atoms. The smallest absolute Gasteiger partial charge is 0.260 e. The average molecular weight is 308 g/mol. The van der Waals surface area contributed by atoms with Crippen molar-refractivity contribution in [3.8, 4) is 5.75 Å². The molecule has 0 aliphatic heterocycles. The van der Waals surface area contributed by atoms with Crippen LogP contribution >= 0.6 is 12.2 Å². The van der Waals surface area contributed by atoms with Gasteiger partial charge in [0.2, 0.25) is 0 Å². The molecule has 0 aliphatic carbocycles. The summed E-state index contributed by atoms with van der Waals surface area (Å²) in [6.45, 7) is 6.90. The zero-order valence-corrected chi connectivity index (χ0v) is 14.0. The van der Waals surface area contributed by atoms with Crippen molar-refractivity contribution in [2.45, 2.75) is 33.1 Å². The molecule has 1 aromatic rings. The van der Waals surface area contributed by atoms with Crippen molar-refractivity contribution >= 4 is 23.1 Å². The predicted octanol–water partition coefficient (Wildman–Crippen LogP) is 2.63. The molecule has 0 spiro atoms. The number of nitrogens with zero attached hydrogens (tertiary/aromatic N) is 1. The lowest BCUT2D eigenvalue weighted by Gasteiger charge is -2.17. The van der Waals surface area contributed by atoms with Gasteiger partial charge in [-0.25, -0.2) is 0 Å². The summed E-state index contributed by atoms with van der Waals surface area (Å²) in [4.78, 5) is 13.9. The molecule has 0 saturated carbocycles. The first-order chi connectivity index (χ1) is 9.81. The molecular weight excluding hydrogens is 284 g/mol. The Balaban J connectivity index is 2.53. The number of aryl methyl sites for hydroxylation is 1. The second-order valence-electron chi connectivity index (χ2n) is 5.49. The van der Waals surface area contributed by atoms with Gasteiger partial charge in [0, 0.05) is 20.0 Å². The normalized spacial score (nSPS) is 10.5. The molecule has 2 N–H and O–H groups in total. The number of hydrogen-bond acceptors (Lipinski definition) is 3. The van der Waals surface area contributed by atoms with Gasteiger partial charge in [0.15, 0.2) is 6.61 Å². The van der Waals surface area contributed by atoms with Crippen molar-refractivity contribution in [2.75, 3.05) is 20.2 Å². The third kappa shape index (κ3) is 5.71. The number of benzene rings is 1. The van der Waals surface area contributed by atoms with Crippen molar-refractivity contribution < 1.29 is 9.53 Å². The van der Waals surface area contributed by atoms with Gasteiger partial charge >= 0.3 is 0 Å². The van der Waals surface area contributed by atoms with Crippen molar-refractivity contribution in [1.82, 2.24) is 4.90 Å². The summed E-state index contributed by atoms with van der Waals surface area (Å²) >= 11 is 4.80. The topological polar surface area (TPSA) is 55.6 Å². The van der Waals surface area contributed by atoms with Gasteiger partial charge in [-0.2, -0.15) is 0 Å². The van der Waals surface area contributed by atoms with Gasteiger partial charge in [-0.3, -0.25) is 4.79 Å². The molecule has 1 aromatic carbocycles. The molecule has 0 atom stereocenters. The van der Waals surface area contributed by atoms with Crippen LogP contribution in [0.1, 0.15) is 37.3 Å². The van der Waals surface area contributed by atoms with E-state index in [4.69, 9.17) is 22.7 Å². The highest BCUT2D eigenvalue weighted by Gasteiger charge is 2.10. The van der Waals surface area contributed by atoms with Gasteiger partial charge in [0.1, 0.15) is 5.75 Å². The summed E-state index contributed by atoms with van der Waals surface area (Å²) in [6, 6.07) is 5.93. The van der Waals surface area contributed by atoms with Crippen LogP contribution in [0.4, 0.5) is 0 Å². The van der Waals surface area contributed by atoms with Crippen LogP contribution in [0.3, 0.4) is 0 Å². The molecule has 0 fully saturated rings. The third-order valence-corrected chi connectivity index (χ3v) is 3.55. The Morgan fingerprint density at radius 1 is 1.43 bits per heavy atom. The van der Waals surface area contributed by atoms with E-state index in [-0.39, 0.29) is 12.5 Å². The fraction of sp³-hybridized carbons (Fsp3) is 0.500. The molecule has 1 amide bonds. The highest BCUT2D eigenvalue weighted by atomic mass is 32.1. The van der Waals surface area contributed by atoms with Crippen molar-refractivity contribution in [3.05, 3.63) is 29.3 Å². The van der Waals surface area contributed by atoms with Crippen LogP contribution in [-0.2, 0) is 4.79 Å². The van der Waals surface area contributed by atoms with Gasteiger partial charge in [0.05, 0.1) is 4.99 Å². The maximum atomic E-state index is 11.9. The minimum Gasteiger partial charge on any atom is -0.484 e. The summed E-state index contributed by atoms with van der Waals surface area (Å²) in [5.74, 6) is 1.11. The van der Waals surface area contributed by atoms with Crippen molar-refractivity contribution in [3.63, 3.8) is 0 Å². The number of nitrogens with two attached hydrogens (primary N) is 1. The van der Waals surface area contributed by atoms with E-state index in [1.807, 2.05) is 12.1 Å². The van der Waals surface area contributed by atoms with Crippen LogP contribution < -0.4 is 10.5 Å². The summed E-state index contributed by atoms with van der Waals surface area (Å²) in [6.07, 6.45) is 0.528. The Hall–Kier alpha value is -1.62. The zero-order chi connectivity index (χ0) is 16.0. The number of ether oxygens (including phenoxy) is 1. The monoisotopic (exact) mass is 308 g/mol. The Morgan fingerprint density at radius 3 is 2.62 bits per heavy atom. The molecule has 5 heteroatoms. The van der Waals surface area contributed by atoms with Gasteiger partial charge in [-0.1, -0.05) is 32.1 Å². The van der Waals surface area contributed by atoms with E-state index >= 15 is 0 Å². The molecule has 0 aromatic heterocycles. The second kappa shape index (κ2) is 7.98. The van der Waals surface area contributed by atoms with Crippen molar-refractivity contribution in [1.29, 1.82) is 0 Å². The first-order valence-electron chi connectivity index (χ1n) is 7.07. The highest BCUT2D eigenvalue weighted by molar-refractivity contribution is 7.80. The molecule has 4 nitrogen and oxygen atoms in total. The number of thiocarbonyl (C=S) groups is 1. The van der Waals surface area contributed by atoms with E-state index in [0.717, 1.165) is 0 Å². The molecule has 0 saturated heterocycles. The molecule has 116 valence electrons. The number of carbonyl (C=O) groups excluding carboxylic acids is 1. The van der Waals surface area contributed by atoms with E-state index in [2.05, 4.69) is 26.8 Å². The van der Waals surface area contributed by atoms with Crippen LogP contribution in [0.2, 0.25) is 0 Å². The molecule has 1 rings (SSSR count). The quantitative estimate of drug-likeness (QED) is 0.787. The van der Waals surface area contributed by atoms with E-state index in [9.17, 15) is 4.79 Å². The summed E-state index contributed by atoms with van der Waals surface area (Å²) in [7, 11) is 1.72. The minimum atomic E-state index is -0.0863. The van der Waals surface area contributed by atoms with Gasteiger partial charge in [0.25, 0.3) is 5.91 Å². The largest absolute Gasteiger partial charge is 0.484 e. The number of likely N-dealkylation sites (N-methyl/N-ethyl adjacent to an activating group) is 1. The first kappa shape index (κ1) is 17.4. The summed E-state index contributed by atoms with van der Waals surface area (Å²) < 4.78 is 5.56. The van der Waals surface area contributed by atoms with Crippen LogP contribution in [0.5, 0.6) is 5.75 Å². The van der Waals surface area contributed by atoms with Gasteiger partial charge in [-0.05, 0) is 36.1 Å². The number of amides is 1. The lowest BCUT2D eigenvalue weighted by molar-refractivity contribution is -0.131. The first-order valence-corrected chi connectivity index (χ1v) is 7.47. The van der Waals surface area contributed by atoms with Crippen LogP contribution in [0.15, 0.2) is 18.2 Å². The molecule has 0 unspecified atom stereocenters. The Bertz CT molecular complexity index is 515. The fourth-order valence-electron chi connectivity index (χ4n) is 2.04. The van der Waals surface area contributed by atoms with E-state index in [1.165, 1.54) is 11.1 Å². The zero-order valence-electron chi connectivity index (χ0n) is 13.2. The Labute approximate surface area is 132 Å². The van der Waals surface area contributed by atoms with Crippen molar-refractivity contribution in [2.24, 2.45) is 5.73 Å². The molecule has 0 heterocycles.